The lowest BCUT2D eigenvalue weighted by Gasteiger charge is -2.22. The molecule has 1 fully saturated rings. The Balaban J connectivity index is 1.42. The molecule has 3 nitrogen and oxygen atoms in total. The van der Waals surface area contributed by atoms with Crippen molar-refractivity contribution in [3.63, 3.8) is 0 Å². The minimum absolute atomic E-state index is 0.253. The van der Waals surface area contributed by atoms with E-state index in [1.165, 1.54) is 37.7 Å². The molecule has 1 aromatic carbocycles. The summed E-state index contributed by atoms with van der Waals surface area (Å²) in [5.41, 5.74) is 3.88. The number of allylic oxidation sites excluding steroid dienone is 6. The van der Waals surface area contributed by atoms with Gasteiger partial charge in [-0.3, -0.25) is 4.79 Å². The molecule has 1 aliphatic heterocycles. The van der Waals surface area contributed by atoms with Crippen molar-refractivity contribution < 1.29 is 4.79 Å². The SMILES string of the molecule is CC1CCCC(C(C)CC(=O)c2ccc(N=C3CCCC4=CC=CC=C(Br)C4=N3)cc2)CC1. The van der Waals surface area contributed by atoms with Crippen molar-refractivity contribution in [2.75, 3.05) is 0 Å². The number of ketones is 1. The third-order valence-electron chi connectivity index (χ3n) is 7.33. The Morgan fingerprint density at radius 1 is 1.06 bits per heavy atom. The number of nitrogens with zero attached hydrogens (tertiary/aromatic N) is 2. The summed E-state index contributed by atoms with van der Waals surface area (Å²) in [7, 11) is 0. The molecule has 4 rings (SSSR count). The van der Waals surface area contributed by atoms with Crippen LogP contribution in [0, 0.1) is 17.8 Å². The molecule has 1 heterocycles. The topological polar surface area (TPSA) is 41.8 Å². The minimum Gasteiger partial charge on any atom is -0.294 e. The van der Waals surface area contributed by atoms with Gasteiger partial charge >= 0.3 is 0 Å². The Kier molecular flexibility index (Phi) is 8.29. The number of hydrogen-bond donors (Lipinski definition) is 0. The molecule has 4 heteroatoms. The molecule has 0 radical (unpaired) electrons. The molecule has 33 heavy (non-hydrogen) atoms. The third kappa shape index (κ3) is 6.50. The maximum Gasteiger partial charge on any atom is 0.163 e. The highest BCUT2D eigenvalue weighted by Gasteiger charge is 2.24. The van der Waals surface area contributed by atoms with E-state index in [2.05, 4.69) is 41.9 Å². The van der Waals surface area contributed by atoms with Crippen molar-refractivity contribution in [2.24, 2.45) is 27.7 Å². The van der Waals surface area contributed by atoms with Crippen LogP contribution in [-0.4, -0.2) is 17.3 Å². The average molecular weight is 508 g/mol. The van der Waals surface area contributed by atoms with Crippen LogP contribution in [0.2, 0.25) is 0 Å². The highest BCUT2D eigenvalue weighted by Crippen LogP contribution is 2.33. The van der Waals surface area contributed by atoms with E-state index in [0.717, 1.165) is 52.5 Å². The summed E-state index contributed by atoms with van der Waals surface area (Å²) in [5.74, 6) is 3.07. The predicted molar refractivity (Wildman–Crippen MR) is 143 cm³/mol. The van der Waals surface area contributed by atoms with Crippen LogP contribution in [0.3, 0.4) is 0 Å². The highest BCUT2D eigenvalue weighted by atomic mass is 79.9. The number of aliphatic imine (C=N–C) groups is 2. The fraction of sp³-hybridized carbons (Fsp3) is 0.483. The summed E-state index contributed by atoms with van der Waals surface area (Å²) in [6.07, 6.45) is 18.3. The Bertz CT molecular complexity index is 1010. The molecular weight excluding hydrogens is 472 g/mol. The molecule has 174 valence electrons. The number of halogens is 1. The van der Waals surface area contributed by atoms with Gasteiger partial charge in [0, 0.05) is 22.9 Å². The fourth-order valence-electron chi connectivity index (χ4n) is 5.19. The molecule has 3 aliphatic rings. The van der Waals surface area contributed by atoms with E-state index in [0.29, 0.717) is 18.3 Å². The van der Waals surface area contributed by atoms with Crippen LogP contribution in [0.4, 0.5) is 5.69 Å². The maximum absolute atomic E-state index is 12.9. The second-order valence-corrected chi connectivity index (χ2v) is 10.8. The van der Waals surface area contributed by atoms with Crippen LogP contribution >= 0.6 is 15.9 Å². The number of fused-ring (bicyclic) bond motifs is 1. The Hall–Kier alpha value is -2.07. The average Bonchev–Trinajstić information content (AvgIpc) is 3.21. The number of Topliss-reactive ketones (excluding diaryl/α,β-unsaturated/α-hetero) is 1. The normalized spacial score (nSPS) is 25.7. The molecule has 0 spiro atoms. The van der Waals surface area contributed by atoms with Gasteiger partial charge in [0.15, 0.2) is 5.78 Å². The fourth-order valence-corrected chi connectivity index (χ4v) is 5.68. The summed E-state index contributed by atoms with van der Waals surface area (Å²) >= 11 is 3.65. The second kappa shape index (κ2) is 11.4. The van der Waals surface area contributed by atoms with E-state index in [-0.39, 0.29) is 5.78 Å². The monoisotopic (exact) mass is 506 g/mol. The van der Waals surface area contributed by atoms with E-state index in [1.807, 2.05) is 36.4 Å². The summed E-state index contributed by atoms with van der Waals surface area (Å²) in [6, 6.07) is 7.79. The quantitative estimate of drug-likeness (QED) is 0.291. The van der Waals surface area contributed by atoms with Gasteiger partial charge in [-0.15, -0.1) is 0 Å². The van der Waals surface area contributed by atoms with Crippen molar-refractivity contribution in [2.45, 2.75) is 71.6 Å². The van der Waals surface area contributed by atoms with Crippen LogP contribution in [-0.2, 0) is 0 Å². The van der Waals surface area contributed by atoms with Crippen molar-refractivity contribution in [3.05, 3.63) is 64.2 Å². The molecule has 0 aromatic heterocycles. The number of benzene rings is 1. The number of carbonyl (C=O) groups is 1. The van der Waals surface area contributed by atoms with Crippen LogP contribution in [0.25, 0.3) is 0 Å². The van der Waals surface area contributed by atoms with E-state index in [9.17, 15) is 4.79 Å². The van der Waals surface area contributed by atoms with Crippen molar-refractivity contribution in [3.8, 4) is 0 Å². The first kappa shape index (κ1) is 24.1. The van der Waals surface area contributed by atoms with Crippen molar-refractivity contribution in [1.82, 2.24) is 0 Å². The molecule has 1 saturated carbocycles. The Morgan fingerprint density at radius 2 is 1.85 bits per heavy atom. The van der Waals surface area contributed by atoms with Gasteiger partial charge in [-0.1, -0.05) is 57.8 Å². The van der Waals surface area contributed by atoms with Gasteiger partial charge in [0.2, 0.25) is 0 Å². The summed E-state index contributed by atoms with van der Waals surface area (Å²) in [4.78, 5) is 22.6. The standard InChI is InChI=1S/C29H35BrN2O/c1-20-7-5-9-22(14-13-20)21(2)19-27(33)23-15-17-25(18-16-23)31-28-12-6-10-24-8-3-4-11-26(30)29(24)32-28/h3-4,8,11,15-18,20-22H,5-7,9-10,12-14,19H2,1-2H3. The maximum atomic E-state index is 12.9. The van der Waals surface area contributed by atoms with Gasteiger partial charge in [0.05, 0.1) is 11.4 Å². The molecule has 2 aliphatic carbocycles. The zero-order valence-electron chi connectivity index (χ0n) is 19.9. The number of hydrogen-bond acceptors (Lipinski definition) is 2. The third-order valence-corrected chi connectivity index (χ3v) is 7.97. The number of rotatable bonds is 5. The van der Waals surface area contributed by atoms with Gasteiger partial charge in [0.25, 0.3) is 0 Å². The first-order valence-electron chi connectivity index (χ1n) is 12.5. The molecule has 1 aromatic rings. The lowest BCUT2D eigenvalue weighted by atomic mass is 9.83. The van der Waals surface area contributed by atoms with Gasteiger partial charge in [-0.05, 0) is 88.9 Å². The van der Waals surface area contributed by atoms with E-state index < -0.39 is 0 Å². The Labute approximate surface area is 207 Å². The van der Waals surface area contributed by atoms with Gasteiger partial charge in [-0.2, -0.15) is 0 Å². The van der Waals surface area contributed by atoms with Gasteiger partial charge in [0.1, 0.15) is 5.84 Å². The summed E-state index contributed by atoms with van der Waals surface area (Å²) < 4.78 is 0.996. The summed E-state index contributed by atoms with van der Waals surface area (Å²) in [6.45, 7) is 4.63. The van der Waals surface area contributed by atoms with Gasteiger partial charge in [-0.25, -0.2) is 9.98 Å². The molecule has 0 bridgehead atoms. The van der Waals surface area contributed by atoms with E-state index in [1.54, 1.807) is 0 Å². The molecule has 3 unspecified atom stereocenters. The van der Waals surface area contributed by atoms with E-state index >= 15 is 0 Å². The second-order valence-electron chi connectivity index (χ2n) is 9.96. The molecule has 0 amide bonds. The Morgan fingerprint density at radius 3 is 2.67 bits per heavy atom. The molecular formula is C29H35BrN2O. The smallest absolute Gasteiger partial charge is 0.163 e. The zero-order valence-corrected chi connectivity index (χ0v) is 21.5. The number of carbonyl (C=O) groups excluding carboxylic acids is 1. The predicted octanol–water partition coefficient (Wildman–Crippen LogP) is 8.54. The van der Waals surface area contributed by atoms with E-state index in [4.69, 9.17) is 9.98 Å². The van der Waals surface area contributed by atoms with Crippen molar-refractivity contribution >= 4 is 38.9 Å². The molecule has 0 N–H and O–H groups in total. The van der Waals surface area contributed by atoms with Crippen LogP contribution in [0.15, 0.2) is 68.6 Å². The van der Waals surface area contributed by atoms with Crippen molar-refractivity contribution in [1.29, 1.82) is 0 Å². The lowest BCUT2D eigenvalue weighted by molar-refractivity contribution is 0.0945. The number of amidine groups is 1. The van der Waals surface area contributed by atoms with Crippen LogP contribution < -0.4 is 0 Å². The largest absolute Gasteiger partial charge is 0.294 e. The van der Waals surface area contributed by atoms with Gasteiger partial charge < -0.3 is 0 Å². The summed E-state index contributed by atoms with van der Waals surface area (Å²) in [5, 5.41) is 0. The first-order chi connectivity index (χ1) is 16.0. The molecule has 0 saturated heterocycles. The zero-order chi connectivity index (χ0) is 23.2. The minimum atomic E-state index is 0.253. The van der Waals surface area contributed by atoms with Crippen LogP contribution in [0.1, 0.15) is 82.0 Å². The lowest BCUT2D eigenvalue weighted by Crippen LogP contribution is -2.15. The highest BCUT2D eigenvalue weighted by molar-refractivity contribution is 9.12. The first-order valence-corrected chi connectivity index (χ1v) is 13.3. The molecule has 3 atom stereocenters. The van der Waals surface area contributed by atoms with Crippen LogP contribution in [0.5, 0.6) is 0 Å².